The molecule has 1 aliphatic heterocycles. The molecule has 0 spiro atoms. The number of amides is 1. The number of morpholine rings is 1. The minimum atomic E-state index is -3.84. The molecule has 11 heteroatoms. The van der Waals surface area contributed by atoms with Crippen molar-refractivity contribution in [2.45, 2.75) is 10.9 Å². The van der Waals surface area contributed by atoms with Crippen molar-refractivity contribution < 1.29 is 22.7 Å². The second-order valence-corrected chi connectivity index (χ2v) is 11.2. The van der Waals surface area contributed by atoms with Gasteiger partial charge >= 0.3 is 0 Å². The second kappa shape index (κ2) is 11.6. The fourth-order valence-corrected chi connectivity index (χ4v) is 5.36. The monoisotopic (exact) mass is 524 g/mol. The number of carbonyl (C=O) groups is 1. The Bertz CT molecular complexity index is 1130. The van der Waals surface area contributed by atoms with Gasteiger partial charge in [0.2, 0.25) is 10.0 Å². The van der Waals surface area contributed by atoms with E-state index >= 15 is 0 Å². The van der Waals surface area contributed by atoms with Gasteiger partial charge < -0.3 is 19.7 Å². The van der Waals surface area contributed by atoms with Gasteiger partial charge in [-0.25, -0.2) is 12.7 Å². The summed E-state index contributed by atoms with van der Waals surface area (Å²) in [6, 6.07) is 10.5. The number of nitrogens with zero attached hydrogens (tertiary/aromatic N) is 3. The molecule has 0 aliphatic carbocycles. The van der Waals surface area contributed by atoms with Crippen molar-refractivity contribution in [1.29, 1.82) is 0 Å². The van der Waals surface area contributed by atoms with Crippen LogP contribution in [0.1, 0.15) is 22.0 Å². The number of halogens is 1. The Balaban J connectivity index is 1.92. The Morgan fingerprint density at radius 2 is 1.77 bits per heavy atom. The molecule has 2 aromatic rings. The molecular formula is C24H33ClN4O5S. The molecular weight excluding hydrogens is 492 g/mol. The number of hydrogen-bond donors (Lipinski definition) is 1. The number of methoxy groups -OCH3 is 1. The molecule has 1 N–H and O–H groups in total. The summed E-state index contributed by atoms with van der Waals surface area (Å²) in [6.45, 7) is 3.04. The van der Waals surface area contributed by atoms with Gasteiger partial charge in [0.1, 0.15) is 10.6 Å². The molecule has 0 bridgehead atoms. The van der Waals surface area contributed by atoms with E-state index < -0.39 is 10.0 Å². The van der Waals surface area contributed by atoms with E-state index in [1.165, 1.54) is 26.2 Å². The molecule has 3 rings (SSSR count). The number of anilines is 1. The van der Waals surface area contributed by atoms with Crippen molar-refractivity contribution in [2.24, 2.45) is 0 Å². The van der Waals surface area contributed by atoms with Crippen LogP contribution in [0.4, 0.5) is 5.69 Å². The van der Waals surface area contributed by atoms with Crippen molar-refractivity contribution >= 4 is 33.2 Å². The molecule has 1 aliphatic rings. The molecule has 1 saturated heterocycles. The molecule has 1 atom stereocenters. The maximum atomic E-state index is 13.4. The molecule has 0 unspecified atom stereocenters. The first-order valence-electron chi connectivity index (χ1n) is 11.2. The third-order valence-corrected chi connectivity index (χ3v) is 8.26. The Morgan fingerprint density at radius 3 is 2.31 bits per heavy atom. The van der Waals surface area contributed by atoms with Gasteiger partial charge in [-0.1, -0.05) is 23.7 Å². The molecule has 35 heavy (non-hydrogen) atoms. The maximum Gasteiger partial charge on any atom is 0.253 e. The van der Waals surface area contributed by atoms with Crippen molar-refractivity contribution in [3.05, 3.63) is 52.5 Å². The predicted molar refractivity (Wildman–Crippen MR) is 137 cm³/mol. The van der Waals surface area contributed by atoms with E-state index in [0.717, 1.165) is 28.7 Å². The summed E-state index contributed by atoms with van der Waals surface area (Å²) in [5.41, 5.74) is 1.79. The van der Waals surface area contributed by atoms with Gasteiger partial charge in [0, 0.05) is 47.8 Å². The summed E-state index contributed by atoms with van der Waals surface area (Å²) in [5.74, 6) is 0.372. The number of benzene rings is 2. The quantitative estimate of drug-likeness (QED) is 0.539. The molecule has 0 saturated carbocycles. The summed E-state index contributed by atoms with van der Waals surface area (Å²) in [6.07, 6.45) is 0. The average molecular weight is 525 g/mol. The zero-order chi connectivity index (χ0) is 25.8. The fraction of sp³-hybridized carbons (Fsp3) is 0.458. The summed E-state index contributed by atoms with van der Waals surface area (Å²) in [4.78, 5) is 17.3. The normalized spacial score (nSPS) is 15.6. The van der Waals surface area contributed by atoms with Crippen LogP contribution >= 0.6 is 11.6 Å². The smallest absolute Gasteiger partial charge is 0.253 e. The summed E-state index contributed by atoms with van der Waals surface area (Å²) < 4.78 is 37.4. The lowest BCUT2D eigenvalue weighted by molar-refractivity contribution is 0.0162. The minimum absolute atomic E-state index is 0.0587. The van der Waals surface area contributed by atoms with Crippen LogP contribution in [0.5, 0.6) is 5.75 Å². The van der Waals surface area contributed by atoms with Crippen LogP contribution < -0.4 is 15.0 Å². The number of sulfonamides is 1. The van der Waals surface area contributed by atoms with Crippen LogP contribution in [0, 0.1) is 0 Å². The first-order chi connectivity index (χ1) is 16.6. The highest BCUT2D eigenvalue weighted by molar-refractivity contribution is 7.89. The Labute approximate surface area is 212 Å². The predicted octanol–water partition coefficient (Wildman–Crippen LogP) is 2.47. The molecule has 2 aromatic carbocycles. The van der Waals surface area contributed by atoms with Gasteiger partial charge in [-0.05, 0) is 29.8 Å². The van der Waals surface area contributed by atoms with Crippen molar-refractivity contribution in [3.8, 4) is 5.75 Å². The minimum Gasteiger partial charge on any atom is -0.497 e. The van der Waals surface area contributed by atoms with Crippen molar-refractivity contribution in [3.63, 3.8) is 0 Å². The number of carbonyl (C=O) groups excluding carboxylic acids is 1. The lowest BCUT2D eigenvalue weighted by Crippen LogP contribution is -2.44. The van der Waals surface area contributed by atoms with E-state index in [0.29, 0.717) is 25.4 Å². The van der Waals surface area contributed by atoms with Crippen molar-refractivity contribution in [2.75, 3.05) is 73.0 Å². The lowest BCUT2D eigenvalue weighted by atomic mass is 10.0. The topological polar surface area (TPSA) is 91.4 Å². The lowest BCUT2D eigenvalue weighted by Gasteiger charge is -2.35. The van der Waals surface area contributed by atoms with Crippen LogP contribution in [-0.4, -0.2) is 91.7 Å². The summed E-state index contributed by atoms with van der Waals surface area (Å²) in [7, 11) is 4.18. The van der Waals surface area contributed by atoms with Gasteiger partial charge in [-0.3, -0.25) is 9.69 Å². The Kier molecular flexibility index (Phi) is 9.00. The van der Waals surface area contributed by atoms with Crippen LogP contribution in [-0.2, 0) is 14.8 Å². The van der Waals surface area contributed by atoms with E-state index in [-0.39, 0.29) is 27.4 Å². The Morgan fingerprint density at radius 1 is 1.14 bits per heavy atom. The molecule has 0 aromatic heterocycles. The number of nitrogens with one attached hydrogen (secondary N) is 1. The summed E-state index contributed by atoms with van der Waals surface area (Å²) in [5, 5.41) is 3.07. The van der Waals surface area contributed by atoms with Crippen LogP contribution in [0.25, 0.3) is 0 Å². The molecule has 0 radical (unpaired) electrons. The highest BCUT2D eigenvalue weighted by Gasteiger charge is 2.27. The van der Waals surface area contributed by atoms with Gasteiger partial charge in [0.05, 0.1) is 42.6 Å². The third-order valence-electron chi connectivity index (χ3n) is 5.98. The highest BCUT2D eigenvalue weighted by atomic mass is 35.5. The number of rotatable bonds is 9. The average Bonchev–Trinajstić information content (AvgIpc) is 2.84. The zero-order valence-corrected chi connectivity index (χ0v) is 22.3. The van der Waals surface area contributed by atoms with E-state index in [2.05, 4.69) is 10.2 Å². The molecule has 1 heterocycles. The number of ether oxygens (including phenoxy) is 2. The first kappa shape index (κ1) is 27.2. The number of hydrogen-bond acceptors (Lipinski definition) is 7. The SMILES string of the molecule is COc1ccc([C@@H](CNC(=O)c2cc(S(=O)(=O)N(C)C)c(Cl)cc2N(C)C)N2CCOCC2)cc1. The first-order valence-corrected chi connectivity index (χ1v) is 13.1. The highest BCUT2D eigenvalue weighted by Crippen LogP contribution is 2.32. The standard InChI is InChI=1S/C24H33ClN4O5S/c1-27(2)21-15-20(25)23(35(31,32)28(3)4)14-19(21)24(30)26-16-22(29-10-12-34-13-11-29)17-6-8-18(33-5)9-7-17/h6-9,14-15,22H,10-13,16H2,1-5H3,(H,26,30)/t22-/m1/s1. The van der Waals surface area contributed by atoms with E-state index in [4.69, 9.17) is 21.1 Å². The molecule has 9 nitrogen and oxygen atoms in total. The molecule has 192 valence electrons. The Hall–Kier alpha value is -2.37. The van der Waals surface area contributed by atoms with Gasteiger partial charge in [-0.2, -0.15) is 0 Å². The van der Waals surface area contributed by atoms with Gasteiger partial charge in [0.25, 0.3) is 5.91 Å². The third kappa shape index (κ3) is 6.25. The van der Waals surface area contributed by atoms with Crippen LogP contribution in [0.3, 0.4) is 0 Å². The van der Waals surface area contributed by atoms with Gasteiger partial charge in [-0.15, -0.1) is 0 Å². The molecule has 1 amide bonds. The summed E-state index contributed by atoms with van der Waals surface area (Å²) >= 11 is 6.32. The fourth-order valence-electron chi connectivity index (χ4n) is 3.95. The largest absolute Gasteiger partial charge is 0.497 e. The van der Waals surface area contributed by atoms with E-state index in [1.54, 1.807) is 26.1 Å². The van der Waals surface area contributed by atoms with Crippen molar-refractivity contribution in [1.82, 2.24) is 14.5 Å². The van der Waals surface area contributed by atoms with Crippen LogP contribution in [0.15, 0.2) is 41.3 Å². The van der Waals surface area contributed by atoms with Gasteiger partial charge in [0.15, 0.2) is 0 Å². The van der Waals surface area contributed by atoms with Crippen LogP contribution in [0.2, 0.25) is 5.02 Å². The van der Waals surface area contributed by atoms with E-state index in [9.17, 15) is 13.2 Å². The molecule has 1 fully saturated rings. The maximum absolute atomic E-state index is 13.4. The van der Waals surface area contributed by atoms with E-state index in [1.807, 2.05) is 24.3 Å². The zero-order valence-electron chi connectivity index (χ0n) is 20.7. The second-order valence-electron chi connectivity index (χ2n) is 8.63.